The fourth-order valence-electron chi connectivity index (χ4n) is 2.73. The first kappa shape index (κ1) is 16.8. The van der Waals surface area contributed by atoms with E-state index in [1.807, 2.05) is 0 Å². The summed E-state index contributed by atoms with van der Waals surface area (Å²) < 4.78 is 0. The summed E-state index contributed by atoms with van der Waals surface area (Å²) in [4.78, 5) is 4.59. The summed E-state index contributed by atoms with van der Waals surface area (Å²) in [5, 5.41) is 7.04. The highest BCUT2D eigenvalue weighted by molar-refractivity contribution is 5.78. The molecule has 4 nitrogen and oxygen atoms in total. The van der Waals surface area contributed by atoms with E-state index in [0.29, 0.717) is 24.6 Å². The number of nitrogens with two attached hydrogens (primary N) is 1. The van der Waals surface area contributed by atoms with Crippen LogP contribution in [0.15, 0.2) is 35.3 Å². The van der Waals surface area contributed by atoms with Gasteiger partial charge in [-0.05, 0) is 38.2 Å². The van der Waals surface area contributed by atoms with Crippen molar-refractivity contribution in [2.45, 2.75) is 64.1 Å². The highest BCUT2D eigenvalue weighted by Gasteiger charge is 2.28. The molecule has 0 saturated heterocycles. The van der Waals surface area contributed by atoms with Gasteiger partial charge in [-0.15, -0.1) is 0 Å². The quantitative estimate of drug-likeness (QED) is 0.511. The molecule has 1 aliphatic rings. The Hall–Kier alpha value is -1.55. The third-order valence-corrected chi connectivity index (χ3v) is 4.66. The number of benzene rings is 1. The van der Waals surface area contributed by atoms with Crippen LogP contribution in [0, 0.1) is 0 Å². The van der Waals surface area contributed by atoms with Crippen LogP contribution in [0.5, 0.6) is 0 Å². The molecule has 1 fully saturated rings. The van der Waals surface area contributed by atoms with E-state index in [4.69, 9.17) is 5.73 Å². The zero-order valence-corrected chi connectivity index (χ0v) is 14.1. The number of nitrogens with one attached hydrogen (secondary N) is 2. The Morgan fingerprint density at radius 3 is 2.45 bits per heavy atom. The Morgan fingerprint density at radius 1 is 1.27 bits per heavy atom. The van der Waals surface area contributed by atoms with Crippen molar-refractivity contribution in [1.82, 2.24) is 10.6 Å². The molecule has 1 atom stereocenters. The second kappa shape index (κ2) is 7.63. The van der Waals surface area contributed by atoms with Gasteiger partial charge in [-0.25, -0.2) is 0 Å². The van der Waals surface area contributed by atoms with E-state index >= 15 is 0 Å². The third-order valence-electron chi connectivity index (χ3n) is 4.66. The van der Waals surface area contributed by atoms with Crippen LogP contribution in [-0.2, 0) is 0 Å². The van der Waals surface area contributed by atoms with Gasteiger partial charge in [0.05, 0.1) is 6.54 Å². The van der Waals surface area contributed by atoms with E-state index in [1.165, 1.54) is 18.4 Å². The fraction of sp³-hybridized carbons (Fsp3) is 0.611. The van der Waals surface area contributed by atoms with Crippen LogP contribution in [0.1, 0.15) is 58.1 Å². The van der Waals surface area contributed by atoms with Crippen LogP contribution >= 0.6 is 0 Å². The van der Waals surface area contributed by atoms with Crippen LogP contribution < -0.4 is 16.4 Å². The molecule has 1 aromatic rings. The van der Waals surface area contributed by atoms with Gasteiger partial charge in [0.15, 0.2) is 5.96 Å². The number of nitrogens with zero attached hydrogens (tertiary/aromatic N) is 1. The highest BCUT2D eigenvalue weighted by atomic mass is 15.1. The average molecular weight is 302 g/mol. The molecule has 0 bridgehead atoms. The van der Waals surface area contributed by atoms with Gasteiger partial charge in [-0.2, -0.15) is 0 Å². The van der Waals surface area contributed by atoms with Gasteiger partial charge in [0.2, 0.25) is 0 Å². The van der Waals surface area contributed by atoms with Gasteiger partial charge in [0, 0.05) is 17.6 Å². The van der Waals surface area contributed by atoms with Gasteiger partial charge in [-0.1, -0.05) is 44.2 Å². The Balaban J connectivity index is 2.00. The van der Waals surface area contributed by atoms with Crippen molar-refractivity contribution in [2.24, 2.45) is 10.7 Å². The van der Waals surface area contributed by atoms with Crippen molar-refractivity contribution in [3.8, 4) is 0 Å². The highest BCUT2D eigenvalue weighted by Crippen LogP contribution is 2.23. The maximum absolute atomic E-state index is 5.98. The molecule has 0 heterocycles. The topological polar surface area (TPSA) is 62.4 Å². The molecule has 1 saturated carbocycles. The van der Waals surface area contributed by atoms with Crippen LogP contribution in [-0.4, -0.2) is 24.1 Å². The molecule has 0 amide bonds. The zero-order chi connectivity index (χ0) is 16.0. The second-order valence-electron chi connectivity index (χ2n) is 6.38. The van der Waals surface area contributed by atoms with Gasteiger partial charge in [0.1, 0.15) is 0 Å². The standard InChI is InChI=1S/C18H30N4/c1-4-18(5-2,13-20-17(19)21-16-11-12-16)22-14(3)15-9-7-6-8-10-15/h6-10,14,16,22H,4-5,11-13H2,1-3H3,(H3,19,20,21). The average Bonchev–Trinajstić information content (AvgIpc) is 3.36. The summed E-state index contributed by atoms with van der Waals surface area (Å²) in [5.74, 6) is 0.586. The molecule has 22 heavy (non-hydrogen) atoms. The van der Waals surface area contributed by atoms with Crippen LogP contribution in [0.2, 0.25) is 0 Å². The largest absolute Gasteiger partial charge is 0.370 e. The summed E-state index contributed by atoms with van der Waals surface area (Å²) in [6.45, 7) is 7.36. The van der Waals surface area contributed by atoms with Crippen molar-refractivity contribution >= 4 is 5.96 Å². The maximum Gasteiger partial charge on any atom is 0.188 e. The lowest BCUT2D eigenvalue weighted by molar-refractivity contribution is 0.281. The lowest BCUT2D eigenvalue weighted by Crippen LogP contribution is -2.49. The molecule has 0 radical (unpaired) electrons. The Labute approximate surface area is 134 Å². The molecule has 1 aliphatic carbocycles. The van der Waals surface area contributed by atoms with Gasteiger partial charge in [0.25, 0.3) is 0 Å². The third kappa shape index (κ3) is 4.73. The van der Waals surface area contributed by atoms with E-state index in [-0.39, 0.29) is 5.54 Å². The first-order valence-electron chi connectivity index (χ1n) is 8.47. The smallest absolute Gasteiger partial charge is 0.188 e. The fourth-order valence-corrected chi connectivity index (χ4v) is 2.73. The molecule has 122 valence electrons. The van der Waals surface area contributed by atoms with Gasteiger partial charge in [-0.3, -0.25) is 4.99 Å². The minimum Gasteiger partial charge on any atom is -0.370 e. The molecule has 4 N–H and O–H groups in total. The lowest BCUT2D eigenvalue weighted by Gasteiger charge is -2.35. The summed E-state index contributed by atoms with van der Waals surface area (Å²) >= 11 is 0. The van der Waals surface area contributed by atoms with Crippen LogP contribution in [0.4, 0.5) is 0 Å². The summed E-state index contributed by atoms with van der Waals surface area (Å²) in [6.07, 6.45) is 4.49. The van der Waals surface area contributed by atoms with Crippen LogP contribution in [0.3, 0.4) is 0 Å². The molecular weight excluding hydrogens is 272 g/mol. The van der Waals surface area contributed by atoms with E-state index < -0.39 is 0 Å². The Morgan fingerprint density at radius 2 is 1.91 bits per heavy atom. The minimum absolute atomic E-state index is 0.00882. The first-order valence-corrected chi connectivity index (χ1v) is 8.47. The predicted octanol–water partition coefficient (Wildman–Crippen LogP) is 2.96. The normalized spacial score (nSPS) is 17.3. The first-order chi connectivity index (χ1) is 10.6. The molecule has 2 rings (SSSR count). The molecular formula is C18H30N4. The second-order valence-corrected chi connectivity index (χ2v) is 6.38. The van der Waals surface area contributed by atoms with Crippen molar-refractivity contribution < 1.29 is 0 Å². The Bertz CT molecular complexity index is 475. The minimum atomic E-state index is -0.00882. The van der Waals surface area contributed by atoms with E-state index in [1.54, 1.807) is 0 Å². The van der Waals surface area contributed by atoms with Crippen LogP contribution in [0.25, 0.3) is 0 Å². The molecule has 1 unspecified atom stereocenters. The zero-order valence-electron chi connectivity index (χ0n) is 14.1. The van der Waals surface area contributed by atoms with E-state index in [9.17, 15) is 0 Å². The summed E-state index contributed by atoms with van der Waals surface area (Å²) in [5.41, 5.74) is 7.28. The predicted molar refractivity (Wildman–Crippen MR) is 94.0 cm³/mol. The number of hydrogen-bond donors (Lipinski definition) is 3. The molecule has 0 aliphatic heterocycles. The number of aliphatic imine (C=N–C) groups is 1. The monoisotopic (exact) mass is 302 g/mol. The SMILES string of the molecule is CCC(CC)(CN=C(N)NC1CC1)NC(C)c1ccccc1. The van der Waals surface area contributed by atoms with E-state index in [2.05, 4.69) is 66.7 Å². The maximum atomic E-state index is 5.98. The van der Waals surface area contributed by atoms with Crippen molar-refractivity contribution in [2.75, 3.05) is 6.54 Å². The molecule has 4 heteroatoms. The van der Waals surface area contributed by atoms with E-state index in [0.717, 1.165) is 12.8 Å². The van der Waals surface area contributed by atoms with Gasteiger partial charge >= 0.3 is 0 Å². The number of hydrogen-bond acceptors (Lipinski definition) is 2. The Kier molecular flexibility index (Phi) is 5.83. The summed E-state index contributed by atoms with van der Waals surface area (Å²) in [6, 6.07) is 11.4. The number of rotatable bonds is 8. The van der Waals surface area contributed by atoms with Crippen molar-refractivity contribution in [3.63, 3.8) is 0 Å². The summed E-state index contributed by atoms with van der Waals surface area (Å²) in [7, 11) is 0. The molecule has 0 aromatic heterocycles. The number of guanidine groups is 1. The lowest BCUT2D eigenvalue weighted by atomic mass is 9.91. The van der Waals surface area contributed by atoms with Crippen molar-refractivity contribution in [3.05, 3.63) is 35.9 Å². The molecule has 0 spiro atoms. The van der Waals surface area contributed by atoms with Crippen molar-refractivity contribution in [1.29, 1.82) is 0 Å². The molecule has 1 aromatic carbocycles. The van der Waals surface area contributed by atoms with Gasteiger partial charge < -0.3 is 16.4 Å².